The maximum Gasteiger partial charge on any atom is 0.243 e. The molecule has 0 bridgehead atoms. The smallest absolute Gasteiger partial charge is 0.243 e. The van der Waals surface area contributed by atoms with Gasteiger partial charge in [-0.3, -0.25) is 9.59 Å². The molecule has 0 aliphatic carbocycles. The van der Waals surface area contributed by atoms with Crippen molar-refractivity contribution in [1.29, 1.82) is 0 Å². The summed E-state index contributed by atoms with van der Waals surface area (Å²) in [4.78, 5) is 28.3. The maximum atomic E-state index is 13.5. The van der Waals surface area contributed by atoms with E-state index in [2.05, 4.69) is 5.32 Å². The van der Waals surface area contributed by atoms with Crippen molar-refractivity contribution in [2.24, 2.45) is 5.41 Å². The van der Waals surface area contributed by atoms with E-state index >= 15 is 0 Å². The first kappa shape index (κ1) is 19.1. The minimum Gasteiger partial charge on any atom is -0.353 e. The van der Waals surface area contributed by atoms with Crippen LogP contribution in [-0.4, -0.2) is 24.4 Å². The van der Waals surface area contributed by atoms with Crippen molar-refractivity contribution in [3.05, 3.63) is 66.0 Å². The molecule has 1 atom stereocenters. The molecule has 0 radical (unpaired) electrons. The summed E-state index contributed by atoms with van der Waals surface area (Å²) in [6, 6.07) is 15.4. The highest BCUT2D eigenvalue weighted by molar-refractivity contribution is 6.12. The van der Waals surface area contributed by atoms with E-state index in [4.69, 9.17) is 0 Å². The molecule has 1 aliphatic heterocycles. The van der Waals surface area contributed by atoms with Crippen LogP contribution in [0.25, 0.3) is 0 Å². The maximum absolute atomic E-state index is 13.5. The van der Waals surface area contributed by atoms with Crippen molar-refractivity contribution in [1.82, 2.24) is 5.32 Å². The van der Waals surface area contributed by atoms with Crippen LogP contribution < -0.4 is 10.2 Å². The fourth-order valence-corrected chi connectivity index (χ4v) is 3.67. The standard InChI is InChI=1S/C22H25FN2O2/c1-16(2)24-20(26)22(15-17-7-4-3-5-8-17)13-6-14-25(21(22)27)19-11-9-18(23)10-12-19/h3-5,7-12,16H,6,13-15H2,1-2H3,(H,24,26)/t22-/m1/s1. The molecule has 4 nitrogen and oxygen atoms in total. The lowest BCUT2D eigenvalue weighted by atomic mass is 9.73. The summed E-state index contributed by atoms with van der Waals surface area (Å²) < 4.78 is 13.3. The summed E-state index contributed by atoms with van der Waals surface area (Å²) in [6.07, 6.45) is 1.56. The minimum absolute atomic E-state index is 0.0563. The van der Waals surface area contributed by atoms with Gasteiger partial charge in [0.25, 0.3) is 0 Å². The highest BCUT2D eigenvalue weighted by atomic mass is 19.1. The molecule has 1 fully saturated rings. The number of carbonyl (C=O) groups is 2. The Bertz CT molecular complexity index is 805. The molecule has 5 heteroatoms. The molecule has 1 saturated heterocycles. The van der Waals surface area contributed by atoms with Gasteiger partial charge in [-0.25, -0.2) is 4.39 Å². The first-order valence-corrected chi connectivity index (χ1v) is 9.35. The van der Waals surface area contributed by atoms with Gasteiger partial charge in [-0.2, -0.15) is 0 Å². The lowest BCUT2D eigenvalue weighted by molar-refractivity contribution is -0.144. The van der Waals surface area contributed by atoms with Gasteiger partial charge >= 0.3 is 0 Å². The third-order valence-electron chi connectivity index (χ3n) is 4.98. The number of amides is 2. The normalized spacial score (nSPS) is 20.0. The number of piperidine rings is 1. The van der Waals surface area contributed by atoms with Gasteiger partial charge in [0.15, 0.2) is 0 Å². The van der Waals surface area contributed by atoms with Crippen molar-refractivity contribution in [3.8, 4) is 0 Å². The SMILES string of the molecule is CC(C)NC(=O)[C@]1(Cc2ccccc2)CCCN(c2ccc(F)cc2)C1=O. The molecule has 1 aliphatic rings. The van der Waals surface area contributed by atoms with Crippen molar-refractivity contribution in [2.45, 2.75) is 39.2 Å². The van der Waals surface area contributed by atoms with Crippen LogP contribution in [0.3, 0.4) is 0 Å². The van der Waals surface area contributed by atoms with Crippen LogP contribution in [0, 0.1) is 11.2 Å². The first-order chi connectivity index (χ1) is 12.9. The number of hydrogen-bond donors (Lipinski definition) is 1. The summed E-state index contributed by atoms with van der Waals surface area (Å²) in [5.41, 5.74) is 0.416. The van der Waals surface area contributed by atoms with E-state index in [-0.39, 0.29) is 23.7 Å². The lowest BCUT2D eigenvalue weighted by Gasteiger charge is -2.41. The van der Waals surface area contributed by atoms with Crippen molar-refractivity contribution >= 4 is 17.5 Å². The summed E-state index contributed by atoms with van der Waals surface area (Å²) in [5, 5.41) is 2.94. The highest BCUT2D eigenvalue weighted by Gasteiger charge is 2.50. The second-order valence-electron chi connectivity index (χ2n) is 7.41. The first-order valence-electron chi connectivity index (χ1n) is 9.35. The second kappa shape index (κ2) is 7.91. The predicted molar refractivity (Wildman–Crippen MR) is 104 cm³/mol. The highest BCUT2D eigenvalue weighted by Crippen LogP contribution is 2.37. The molecule has 27 heavy (non-hydrogen) atoms. The van der Waals surface area contributed by atoms with Crippen molar-refractivity contribution < 1.29 is 14.0 Å². The molecule has 1 N–H and O–H groups in total. The summed E-state index contributed by atoms with van der Waals surface area (Å²) in [6.45, 7) is 4.30. The van der Waals surface area contributed by atoms with Gasteiger partial charge in [-0.15, -0.1) is 0 Å². The van der Waals surface area contributed by atoms with E-state index in [0.717, 1.165) is 5.56 Å². The monoisotopic (exact) mass is 368 g/mol. The van der Waals surface area contributed by atoms with Crippen LogP contribution in [-0.2, 0) is 16.0 Å². The van der Waals surface area contributed by atoms with E-state index in [1.165, 1.54) is 12.1 Å². The van der Waals surface area contributed by atoms with E-state index in [0.29, 0.717) is 31.5 Å². The molecule has 0 saturated carbocycles. The molecule has 2 aromatic rings. The Morgan fingerprint density at radius 3 is 2.44 bits per heavy atom. The van der Waals surface area contributed by atoms with E-state index < -0.39 is 5.41 Å². The number of carbonyl (C=O) groups excluding carboxylic acids is 2. The Balaban J connectivity index is 1.98. The van der Waals surface area contributed by atoms with Crippen LogP contribution >= 0.6 is 0 Å². The Labute approximate surface area is 159 Å². The molecule has 2 amide bonds. The number of nitrogens with zero attached hydrogens (tertiary/aromatic N) is 1. The average molecular weight is 368 g/mol. The van der Waals surface area contributed by atoms with Gasteiger partial charge in [0.1, 0.15) is 11.2 Å². The van der Waals surface area contributed by atoms with E-state index in [1.807, 2.05) is 44.2 Å². The molecule has 2 aromatic carbocycles. The van der Waals surface area contributed by atoms with Crippen LogP contribution in [0.2, 0.25) is 0 Å². The van der Waals surface area contributed by atoms with Gasteiger partial charge in [-0.1, -0.05) is 30.3 Å². The zero-order valence-corrected chi connectivity index (χ0v) is 15.7. The molecule has 0 aromatic heterocycles. The predicted octanol–water partition coefficient (Wildman–Crippen LogP) is 3.71. The summed E-state index contributed by atoms with van der Waals surface area (Å²) >= 11 is 0. The quantitative estimate of drug-likeness (QED) is 0.818. The minimum atomic E-state index is -1.15. The summed E-state index contributed by atoms with van der Waals surface area (Å²) in [7, 11) is 0. The van der Waals surface area contributed by atoms with Gasteiger partial charge < -0.3 is 10.2 Å². The Morgan fingerprint density at radius 2 is 1.81 bits per heavy atom. The van der Waals surface area contributed by atoms with Crippen LogP contribution in [0.5, 0.6) is 0 Å². The third kappa shape index (κ3) is 4.02. The number of nitrogens with one attached hydrogen (secondary N) is 1. The largest absolute Gasteiger partial charge is 0.353 e. The van der Waals surface area contributed by atoms with Gasteiger partial charge in [-0.05, 0) is 62.9 Å². The Kier molecular flexibility index (Phi) is 5.59. The van der Waals surface area contributed by atoms with E-state index in [9.17, 15) is 14.0 Å². The molecular weight excluding hydrogens is 343 g/mol. The fraction of sp³-hybridized carbons (Fsp3) is 0.364. The van der Waals surface area contributed by atoms with Gasteiger partial charge in [0.2, 0.25) is 11.8 Å². The van der Waals surface area contributed by atoms with Crippen LogP contribution in [0.4, 0.5) is 10.1 Å². The number of anilines is 1. The third-order valence-corrected chi connectivity index (χ3v) is 4.98. The molecule has 0 unspecified atom stereocenters. The second-order valence-corrected chi connectivity index (χ2v) is 7.41. The van der Waals surface area contributed by atoms with E-state index in [1.54, 1.807) is 17.0 Å². The fourth-order valence-electron chi connectivity index (χ4n) is 3.67. The molecule has 1 heterocycles. The lowest BCUT2D eigenvalue weighted by Crippen LogP contribution is -2.58. The van der Waals surface area contributed by atoms with Crippen molar-refractivity contribution in [2.75, 3.05) is 11.4 Å². The number of halogens is 1. The van der Waals surface area contributed by atoms with Crippen molar-refractivity contribution in [3.63, 3.8) is 0 Å². The van der Waals surface area contributed by atoms with Crippen LogP contribution in [0.15, 0.2) is 54.6 Å². The summed E-state index contributed by atoms with van der Waals surface area (Å²) in [5.74, 6) is -0.808. The molecule has 0 spiro atoms. The number of benzene rings is 2. The molecule has 142 valence electrons. The number of hydrogen-bond acceptors (Lipinski definition) is 2. The zero-order valence-electron chi connectivity index (χ0n) is 15.7. The Hall–Kier alpha value is -2.69. The van der Waals surface area contributed by atoms with Gasteiger partial charge in [0, 0.05) is 18.3 Å². The molecule has 3 rings (SSSR count). The van der Waals surface area contributed by atoms with Gasteiger partial charge in [0.05, 0.1) is 0 Å². The Morgan fingerprint density at radius 1 is 1.15 bits per heavy atom. The number of rotatable bonds is 5. The zero-order chi connectivity index (χ0) is 19.4. The topological polar surface area (TPSA) is 49.4 Å². The average Bonchev–Trinajstić information content (AvgIpc) is 2.64. The van der Waals surface area contributed by atoms with Crippen LogP contribution in [0.1, 0.15) is 32.3 Å². The molecular formula is C22H25FN2O2.